The summed E-state index contributed by atoms with van der Waals surface area (Å²) >= 11 is 0. The number of hydrogen-bond donors (Lipinski definition) is 2. The first-order valence-corrected chi connectivity index (χ1v) is 4.10. The standard InChI is InChI=1S/C8H18N2O/c1-7(2)3-4-8(10,5-9)6-11-7/h3-6,9-10H2,1-2H3. The van der Waals surface area contributed by atoms with Gasteiger partial charge < -0.3 is 16.2 Å². The average Bonchev–Trinajstić information content (AvgIpc) is 1.97. The van der Waals surface area contributed by atoms with Crippen molar-refractivity contribution in [3.05, 3.63) is 0 Å². The lowest BCUT2D eigenvalue weighted by Crippen LogP contribution is -2.56. The minimum Gasteiger partial charge on any atom is -0.374 e. The molecule has 0 saturated carbocycles. The maximum Gasteiger partial charge on any atom is 0.0665 e. The molecule has 1 unspecified atom stereocenters. The van der Waals surface area contributed by atoms with E-state index in [1.54, 1.807) is 0 Å². The molecule has 4 N–H and O–H groups in total. The first-order chi connectivity index (χ1) is 4.97. The molecule has 1 saturated heterocycles. The van der Waals surface area contributed by atoms with Gasteiger partial charge >= 0.3 is 0 Å². The van der Waals surface area contributed by atoms with E-state index >= 15 is 0 Å². The number of nitrogens with two attached hydrogens (primary N) is 2. The second-order valence-electron chi connectivity index (χ2n) is 4.11. The number of hydrogen-bond acceptors (Lipinski definition) is 3. The third kappa shape index (κ3) is 2.15. The molecule has 1 rings (SSSR count). The van der Waals surface area contributed by atoms with E-state index in [2.05, 4.69) is 13.8 Å². The molecule has 0 aliphatic carbocycles. The first kappa shape index (κ1) is 8.97. The molecule has 11 heavy (non-hydrogen) atoms. The molecule has 0 spiro atoms. The molecule has 3 nitrogen and oxygen atoms in total. The summed E-state index contributed by atoms with van der Waals surface area (Å²) in [5, 5.41) is 0. The van der Waals surface area contributed by atoms with Gasteiger partial charge in [0, 0.05) is 6.54 Å². The molecule has 0 bridgehead atoms. The Hall–Kier alpha value is -0.120. The van der Waals surface area contributed by atoms with Crippen molar-refractivity contribution in [1.29, 1.82) is 0 Å². The van der Waals surface area contributed by atoms with Crippen LogP contribution in [0.3, 0.4) is 0 Å². The topological polar surface area (TPSA) is 61.3 Å². The van der Waals surface area contributed by atoms with Gasteiger partial charge in [0.1, 0.15) is 0 Å². The van der Waals surface area contributed by atoms with Crippen molar-refractivity contribution in [2.75, 3.05) is 13.2 Å². The smallest absolute Gasteiger partial charge is 0.0665 e. The molecule has 1 fully saturated rings. The van der Waals surface area contributed by atoms with Crippen molar-refractivity contribution >= 4 is 0 Å². The minimum absolute atomic E-state index is 0.00194. The Balaban J connectivity index is 2.48. The molecular weight excluding hydrogens is 140 g/mol. The molecule has 1 aliphatic rings. The molecule has 3 heteroatoms. The van der Waals surface area contributed by atoms with Gasteiger partial charge in [0.05, 0.1) is 17.7 Å². The monoisotopic (exact) mass is 158 g/mol. The van der Waals surface area contributed by atoms with Crippen LogP contribution in [0.4, 0.5) is 0 Å². The molecule has 0 amide bonds. The second-order valence-corrected chi connectivity index (χ2v) is 4.11. The van der Waals surface area contributed by atoms with Gasteiger partial charge in [-0.2, -0.15) is 0 Å². The van der Waals surface area contributed by atoms with E-state index in [1.165, 1.54) is 0 Å². The minimum atomic E-state index is -0.268. The summed E-state index contributed by atoms with van der Waals surface area (Å²) in [5.74, 6) is 0. The highest BCUT2D eigenvalue weighted by Crippen LogP contribution is 2.27. The average molecular weight is 158 g/mol. The van der Waals surface area contributed by atoms with E-state index in [0.29, 0.717) is 13.2 Å². The second kappa shape index (κ2) is 2.73. The quantitative estimate of drug-likeness (QED) is 0.574. The molecule has 0 radical (unpaired) electrons. The summed E-state index contributed by atoms with van der Waals surface area (Å²) in [6.07, 6.45) is 1.97. The van der Waals surface area contributed by atoms with Crippen LogP contribution in [-0.4, -0.2) is 24.3 Å². The van der Waals surface area contributed by atoms with Crippen molar-refractivity contribution in [2.45, 2.75) is 37.8 Å². The lowest BCUT2D eigenvalue weighted by atomic mass is 9.86. The predicted octanol–water partition coefficient (Wildman–Crippen LogP) is 0.232. The van der Waals surface area contributed by atoms with E-state index in [-0.39, 0.29) is 11.1 Å². The van der Waals surface area contributed by atoms with Gasteiger partial charge in [0.2, 0.25) is 0 Å². The van der Waals surface area contributed by atoms with E-state index in [1.807, 2.05) is 0 Å². The van der Waals surface area contributed by atoms with Gasteiger partial charge in [-0.05, 0) is 26.7 Å². The maximum atomic E-state index is 5.93. The molecule has 66 valence electrons. The highest BCUT2D eigenvalue weighted by molar-refractivity contribution is 4.92. The summed E-state index contributed by atoms with van der Waals surface area (Å²) in [6.45, 7) is 5.28. The third-order valence-corrected chi connectivity index (χ3v) is 2.38. The van der Waals surface area contributed by atoms with Crippen LogP contribution in [-0.2, 0) is 4.74 Å². The van der Waals surface area contributed by atoms with Crippen molar-refractivity contribution in [1.82, 2.24) is 0 Å². The summed E-state index contributed by atoms with van der Waals surface area (Å²) in [5.41, 5.74) is 11.2. The van der Waals surface area contributed by atoms with Gasteiger partial charge in [-0.3, -0.25) is 0 Å². The molecule has 0 aromatic carbocycles. The van der Waals surface area contributed by atoms with Crippen molar-refractivity contribution < 1.29 is 4.74 Å². The summed E-state index contributed by atoms with van der Waals surface area (Å²) in [4.78, 5) is 0. The van der Waals surface area contributed by atoms with Crippen molar-refractivity contribution in [3.8, 4) is 0 Å². The Kier molecular flexibility index (Phi) is 2.23. The summed E-state index contributed by atoms with van der Waals surface area (Å²) < 4.78 is 5.57. The van der Waals surface area contributed by atoms with E-state index < -0.39 is 0 Å². The highest BCUT2D eigenvalue weighted by atomic mass is 16.5. The normalized spacial score (nSPS) is 37.1. The third-order valence-electron chi connectivity index (χ3n) is 2.38. The largest absolute Gasteiger partial charge is 0.374 e. The Bertz CT molecular complexity index is 135. The van der Waals surface area contributed by atoms with Crippen LogP contribution < -0.4 is 11.5 Å². The van der Waals surface area contributed by atoms with E-state index in [4.69, 9.17) is 16.2 Å². The first-order valence-electron chi connectivity index (χ1n) is 4.10. The fourth-order valence-corrected chi connectivity index (χ4v) is 1.19. The SMILES string of the molecule is CC1(C)CCC(N)(CN)CO1. The Morgan fingerprint density at radius 3 is 2.36 bits per heavy atom. The van der Waals surface area contributed by atoms with Crippen LogP contribution in [0.2, 0.25) is 0 Å². The van der Waals surface area contributed by atoms with Crippen LogP contribution in [0, 0.1) is 0 Å². The zero-order chi connectivity index (χ0) is 8.54. The highest BCUT2D eigenvalue weighted by Gasteiger charge is 2.34. The Morgan fingerprint density at radius 2 is 2.00 bits per heavy atom. The molecule has 1 aliphatic heterocycles. The van der Waals surface area contributed by atoms with Gasteiger partial charge in [-0.15, -0.1) is 0 Å². The van der Waals surface area contributed by atoms with E-state index in [9.17, 15) is 0 Å². The van der Waals surface area contributed by atoms with Crippen LogP contribution >= 0.6 is 0 Å². The van der Waals surface area contributed by atoms with Gasteiger partial charge in [-0.1, -0.05) is 0 Å². The lowest BCUT2D eigenvalue weighted by Gasteiger charge is -2.40. The van der Waals surface area contributed by atoms with Crippen molar-refractivity contribution in [3.63, 3.8) is 0 Å². The van der Waals surface area contributed by atoms with Crippen LogP contribution in [0.25, 0.3) is 0 Å². The summed E-state index contributed by atoms with van der Waals surface area (Å²) in [6, 6.07) is 0. The fraction of sp³-hybridized carbons (Fsp3) is 1.00. The van der Waals surface area contributed by atoms with Gasteiger partial charge in [0.15, 0.2) is 0 Å². The molecule has 1 heterocycles. The lowest BCUT2D eigenvalue weighted by molar-refractivity contribution is -0.0830. The summed E-state index contributed by atoms with van der Waals surface area (Å²) in [7, 11) is 0. The number of ether oxygens (including phenoxy) is 1. The Morgan fingerprint density at radius 1 is 1.36 bits per heavy atom. The molecular formula is C8H18N2O. The molecule has 0 aromatic rings. The zero-order valence-corrected chi connectivity index (χ0v) is 7.39. The van der Waals surface area contributed by atoms with E-state index in [0.717, 1.165) is 12.8 Å². The van der Waals surface area contributed by atoms with Gasteiger partial charge in [0.25, 0.3) is 0 Å². The van der Waals surface area contributed by atoms with Crippen LogP contribution in [0.5, 0.6) is 0 Å². The molecule has 1 atom stereocenters. The Labute approximate surface area is 68.1 Å². The maximum absolute atomic E-state index is 5.93. The van der Waals surface area contributed by atoms with Gasteiger partial charge in [-0.25, -0.2) is 0 Å². The van der Waals surface area contributed by atoms with Crippen LogP contribution in [0.1, 0.15) is 26.7 Å². The number of rotatable bonds is 1. The zero-order valence-electron chi connectivity index (χ0n) is 7.39. The predicted molar refractivity (Wildman–Crippen MR) is 45.2 cm³/mol. The van der Waals surface area contributed by atoms with Crippen molar-refractivity contribution in [2.24, 2.45) is 11.5 Å². The molecule has 0 aromatic heterocycles. The van der Waals surface area contributed by atoms with Crippen LogP contribution in [0.15, 0.2) is 0 Å². The fourth-order valence-electron chi connectivity index (χ4n) is 1.19.